The molecule has 0 aliphatic carbocycles. The zero-order chi connectivity index (χ0) is 25.5. The van der Waals surface area contributed by atoms with Crippen LogP contribution in [0.2, 0.25) is 15.1 Å². The Labute approximate surface area is 226 Å². The molecule has 1 saturated heterocycles. The van der Waals surface area contributed by atoms with Crippen LogP contribution in [-0.4, -0.2) is 55.4 Å². The van der Waals surface area contributed by atoms with Crippen molar-refractivity contribution in [3.8, 4) is 11.8 Å². The van der Waals surface area contributed by atoms with Crippen molar-refractivity contribution >= 4 is 52.1 Å². The number of halogens is 3. The van der Waals surface area contributed by atoms with E-state index in [0.717, 1.165) is 36.8 Å². The molecule has 36 heavy (non-hydrogen) atoms. The Morgan fingerprint density at radius 1 is 0.944 bits per heavy atom. The highest BCUT2D eigenvalue weighted by Crippen LogP contribution is 2.27. The number of β-amino-alcohol motifs (C(OH)–C–C–N with tert-alkyl or cyclic N) is 1. The third-order valence-electron chi connectivity index (χ3n) is 6.02. The van der Waals surface area contributed by atoms with Gasteiger partial charge in [0.1, 0.15) is 18.5 Å². The number of rotatable bonds is 8. The zero-order valence-corrected chi connectivity index (χ0v) is 21.8. The first-order chi connectivity index (χ1) is 17.4. The highest BCUT2D eigenvalue weighted by molar-refractivity contribution is 6.42. The van der Waals surface area contributed by atoms with E-state index in [1.807, 2.05) is 48.5 Å². The molecule has 8 heteroatoms. The van der Waals surface area contributed by atoms with E-state index in [1.54, 1.807) is 24.3 Å². The largest absolute Gasteiger partial charge is 0.491 e. The molecule has 1 atom stereocenters. The Morgan fingerprint density at radius 2 is 1.64 bits per heavy atom. The van der Waals surface area contributed by atoms with Crippen LogP contribution in [-0.2, 0) is 0 Å². The number of allylic oxidation sites excluding steroid dienone is 1. The molecule has 1 aliphatic rings. The molecule has 3 aromatic carbocycles. The summed E-state index contributed by atoms with van der Waals surface area (Å²) in [5, 5.41) is 21.6. The number of nitrogens with zero attached hydrogens (tertiary/aromatic N) is 3. The molecule has 0 radical (unpaired) electrons. The third-order valence-corrected chi connectivity index (χ3v) is 7.01. The molecule has 4 rings (SSSR count). The fourth-order valence-corrected chi connectivity index (χ4v) is 4.48. The summed E-state index contributed by atoms with van der Waals surface area (Å²) in [5.74, 6) is 0.659. The summed E-state index contributed by atoms with van der Waals surface area (Å²) in [5.41, 5.74) is 3.20. The van der Waals surface area contributed by atoms with Crippen molar-refractivity contribution in [3.63, 3.8) is 0 Å². The summed E-state index contributed by atoms with van der Waals surface area (Å²) in [6.45, 7) is 4.32. The van der Waals surface area contributed by atoms with E-state index in [4.69, 9.17) is 39.5 Å². The van der Waals surface area contributed by atoms with Gasteiger partial charge < -0.3 is 14.7 Å². The monoisotopic (exact) mass is 541 g/mol. The number of ether oxygens (including phenoxy) is 1. The quantitative estimate of drug-likeness (QED) is 0.268. The topological polar surface area (TPSA) is 59.7 Å². The molecule has 1 unspecified atom stereocenters. The number of piperazine rings is 1. The second kappa shape index (κ2) is 12.5. The van der Waals surface area contributed by atoms with Gasteiger partial charge in [-0.05, 0) is 65.7 Å². The van der Waals surface area contributed by atoms with Gasteiger partial charge in [-0.3, -0.25) is 4.90 Å². The van der Waals surface area contributed by atoms with Crippen molar-refractivity contribution in [2.24, 2.45) is 0 Å². The number of benzene rings is 3. The molecule has 3 aromatic rings. The summed E-state index contributed by atoms with van der Waals surface area (Å²) >= 11 is 18.0. The van der Waals surface area contributed by atoms with E-state index in [0.29, 0.717) is 33.5 Å². The van der Waals surface area contributed by atoms with Crippen molar-refractivity contribution in [2.45, 2.75) is 6.10 Å². The number of hydrogen-bond donors (Lipinski definition) is 1. The molecular weight excluding hydrogens is 517 g/mol. The number of nitriles is 1. The first kappa shape index (κ1) is 26.3. The van der Waals surface area contributed by atoms with Crippen LogP contribution in [0.1, 0.15) is 11.1 Å². The molecule has 0 bridgehead atoms. The van der Waals surface area contributed by atoms with Crippen molar-refractivity contribution in [1.82, 2.24) is 4.90 Å². The highest BCUT2D eigenvalue weighted by atomic mass is 35.5. The lowest BCUT2D eigenvalue weighted by molar-refractivity contribution is 0.0663. The van der Waals surface area contributed by atoms with E-state index < -0.39 is 6.10 Å². The Bertz CT molecular complexity index is 1230. The lowest BCUT2D eigenvalue weighted by atomic mass is 10.0. The molecule has 1 heterocycles. The van der Waals surface area contributed by atoms with Crippen molar-refractivity contribution < 1.29 is 9.84 Å². The lowest BCUT2D eigenvalue weighted by Gasteiger charge is -2.36. The minimum atomic E-state index is -0.591. The fraction of sp³-hybridized carbons (Fsp3) is 0.250. The molecule has 1 fully saturated rings. The number of aliphatic hydroxyl groups is 1. The Balaban J connectivity index is 1.25. The summed E-state index contributed by atoms with van der Waals surface area (Å²) in [6.07, 6.45) is 1.19. The average Bonchev–Trinajstić information content (AvgIpc) is 2.89. The molecule has 1 N–H and O–H groups in total. The van der Waals surface area contributed by atoms with Crippen LogP contribution >= 0.6 is 34.8 Å². The van der Waals surface area contributed by atoms with Crippen LogP contribution in [0.4, 0.5) is 5.69 Å². The number of aliphatic hydroxyl groups excluding tert-OH is 1. The second-order valence-electron chi connectivity index (χ2n) is 8.60. The zero-order valence-electron chi connectivity index (χ0n) is 19.6. The van der Waals surface area contributed by atoms with Gasteiger partial charge in [0.2, 0.25) is 0 Å². The van der Waals surface area contributed by atoms with Crippen molar-refractivity contribution in [3.05, 3.63) is 92.9 Å². The van der Waals surface area contributed by atoms with Crippen LogP contribution in [0.25, 0.3) is 11.6 Å². The minimum absolute atomic E-state index is 0.208. The Hall–Kier alpha value is -2.72. The summed E-state index contributed by atoms with van der Waals surface area (Å²) in [6, 6.07) is 22.6. The molecular formula is C28H26Cl3N3O2. The predicted octanol–water partition coefficient (Wildman–Crippen LogP) is 6.27. The molecule has 0 aromatic heterocycles. The number of hydrogen-bond acceptors (Lipinski definition) is 5. The molecule has 0 spiro atoms. The van der Waals surface area contributed by atoms with Crippen LogP contribution < -0.4 is 9.64 Å². The first-order valence-electron chi connectivity index (χ1n) is 11.6. The molecule has 1 aliphatic heterocycles. The molecule has 186 valence electrons. The van der Waals surface area contributed by atoms with E-state index in [9.17, 15) is 10.4 Å². The standard InChI is InChI=1S/C28H26Cl3N3O2/c29-23-4-6-24(7-5-23)34-13-11-33(12-14-34)18-25(35)19-36-26-8-1-20(2-9-26)15-22(17-32)21-3-10-27(30)28(31)16-21/h1-10,15-16,25,35H,11-14,18-19H2/b22-15+. The van der Waals surface area contributed by atoms with Gasteiger partial charge >= 0.3 is 0 Å². The molecule has 5 nitrogen and oxygen atoms in total. The maximum Gasteiger partial charge on any atom is 0.119 e. The van der Waals surface area contributed by atoms with Gasteiger partial charge in [-0.2, -0.15) is 5.26 Å². The highest BCUT2D eigenvalue weighted by Gasteiger charge is 2.20. The molecule has 0 saturated carbocycles. The smallest absolute Gasteiger partial charge is 0.119 e. The second-order valence-corrected chi connectivity index (χ2v) is 9.85. The van der Waals surface area contributed by atoms with Crippen LogP contribution in [0.3, 0.4) is 0 Å². The Kier molecular flexibility index (Phi) is 9.14. The number of anilines is 1. The van der Waals surface area contributed by atoms with Gasteiger partial charge in [-0.25, -0.2) is 0 Å². The van der Waals surface area contributed by atoms with E-state index in [2.05, 4.69) is 15.9 Å². The molecule has 0 amide bonds. The fourth-order valence-electron chi connectivity index (χ4n) is 4.05. The van der Waals surface area contributed by atoms with Crippen LogP contribution in [0.5, 0.6) is 5.75 Å². The lowest BCUT2D eigenvalue weighted by Crippen LogP contribution is -2.49. The van der Waals surface area contributed by atoms with E-state index in [1.165, 1.54) is 5.69 Å². The van der Waals surface area contributed by atoms with Gasteiger partial charge in [0.15, 0.2) is 0 Å². The van der Waals surface area contributed by atoms with Gasteiger partial charge in [0.25, 0.3) is 0 Å². The van der Waals surface area contributed by atoms with Gasteiger partial charge in [0, 0.05) is 43.4 Å². The summed E-state index contributed by atoms with van der Waals surface area (Å²) in [7, 11) is 0. The predicted molar refractivity (Wildman–Crippen MR) is 148 cm³/mol. The maximum absolute atomic E-state index is 10.5. The van der Waals surface area contributed by atoms with Gasteiger partial charge in [0.05, 0.1) is 21.7 Å². The van der Waals surface area contributed by atoms with Crippen LogP contribution in [0.15, 0.2) is 66.7 Å². The summed E-state index contributed by atoms with van der Waals surface area (Å²) < 4.78 is 5.79. The van der Waals surface area contributed by atoms with Gasteiger partial charge in [-0.15, -0.1) is 0 Å². The minimum Gasteiger partial charge on any atom is -0.491 e. The normalized spacial score (nSPS) is 15.4. The van der Waals surface area contributed by atoms with Crippen molar-refractivity contribution in [2.75, 3.05) is 44.2 Å². The van der Waals surface area contributed by atoms with E-state index in [-0.39, 0.29) is 6.61 Å². The van der Waals surface area contributed by atoms with Crippen LogP contribution in [0, 0.1) is 11.3 Å². The SMILES string of the molecule is N#C/C(=C\c1ccc(OCC(O)CN2CCN(c3ccc(Cl)cc3)CC2)cc1)c1ccc(Cl)c(Cl)c1. The van der Waals surface area contributed by atoms with Crippen molar-refractivity contribution in [1.29, 1.82) is 5.26 Å². The summed E-state index contributed by atoms with van der Waals surface area (Å²) in [4.78, 5) is 4.58. The average molecular weight is 543 g/mol. The third kappa shape index (κ3) is 7.16. The van der Waals surface area contributed by atoms with E-state index >= 15 is 0 Å². The van der Waals surface area contributed by atoms with Gasteiger partial charge in [-0.1, -0.05) is 53.0 Å². The Morgan fingerprint density at radius 3 is 2.28 bits per heavy atom. The maximum atomic E-state index is 10.5. The first-order valence-corrected chi connectivity index (χ1v) is 12.8.